The van der Waals surface area contributed by atoms with E-state index in [9.17, 15) is 4.79 Å². The molecule has 2 aromatic rings. The highest BCUT2D eigenvalue weighted by molar-refractivity contribution is 5.78. The van der Waals surface area contributed by atoms with E-state index >= 15 is 0 Å². The van der Waals surface area contributed by atoms with E-state index in [0.29, 0.717) is 0 Å². The number of amides is 1. The molecule has 0 fully saturated rings. The number of hydrogen-bond acceptors (Lipinski definition) is 2. The Morgan fingerprint density at radius 1 is 1.18 bits per heavy atom. The molecule has 1 N–H and O–H groups in total. The normalized spacial score (nSPS) is 16.7. The molecule has 0 radical (unpaired) electrons. The van der Waals surface area contributed by atoms with Gasteiger partial charge in [-0.15, -0.1) is 0 Å². The maximum atomic E-state index is 12.1. The zero-order valence-electron chi connectivity index (χ0n) is 12.8. The molecule has 1 aliphatic carbocycles. The van der Waals surface area contributed by atoms with Crippen molar-refractivity contribution in [2.24, 2.45) is 0 Å². The third-order valence-corrected chi connectivity index (χ3v) is 4.10. The van der Waals surface area contributed by atoms with E-state index in [-0.39, 0.29) is 18.6 Å². The summed E-state index contributed by atoms with van der Waals surface area (Å²) in [6.45, 7) is 2.08. The van der Waals surface area contributed by atoms with Gasteiger partial charge in [0.2, 0.25) is 0 Å². The third kappa shape index (κ3) is 3.48. The highest BCUT2D eigenvalue weighted by atomic mass is 16.5. The second-order valence-electron chi connectivity index (χ2n) is 5.81. The van der Waals surface area contributed by atoms with Crippen molar-refractivity contribution in [3.8, 4) is 5.75 Å². The van der Waals surface area contributed by atoms with Crippen molar-refractivity contribution in [2.45, 2.75) is 32.2 Å². The van der Waals surface area contributed by atoms with Gasteiger partial charge in [-0.3, -0.25) is 4.79 Å². The molecule has 114 valence electrons. The summed E-state index contributed by atoms with van der Waals surface area (Å²) in [4.78, 5) is 12.1. The fourth-order valence-corrected chi connectivity index (χ4v) is 2.92. The SMILES string of the molecule is Cc1ccc(OCC(=O)N[C@H]2CCCc3ccccc32)cc1. The molecular weight excluding hydrogens is 274 g/mol. The fraction of sp³-hybridized carbons (Fsp3) is 0.316. The highest BCUT2D eigenvalue weighted by Gasteiger charge is 2.21. The minimum atomic E-state index is -0.0673. The van der Waals surface area contributed by atoms with Crippen molar-refractivity contribution in [2.75, 3.05) is 6.61 Å². The second-order valence-corrected chi connectivity index (χ2v) is 5.81. The van der Waals surface area contributed by atoms with Gasteiger partial charge in [-0.05, 0) is 49.4 Å². The average Bonchev–Trinajstić information content (AvgIpc) is 2.55. The van der Waals surface area contributed by atoms with Crippen molar-refractivity contribution < 1.29 is 9.53 Å². The molecule has 1 amide bonds. The first-order chi connectivity index (χ1) is 10.7. The zero-order valence-corrected chi connectivity index (χ0v) is 12.8. The van der Waals surface area contributed by atoms with Crippen LogP contribution in [0.1, 0.15) is 35.6 Å². The van der Waals surface area contributed by atoms with Crippen LogP contribution in [0.25, 0.3) is 0 Å². The molecule has 2 aromatic carbocycles. The van der Waals surface area contributed by atoms with Gasteiger partial charge in [-0.25, -0.2) is 0 Å². The Balaban J connectivity index is 1.57. The number of fused-ring (bicyclic) bond motifs is 1. The molecule has 0 saturated heterocycles. The van der Waals surface area contributed by atoms with Gasteiger partial charge in [0.05, 0.1) is 6.04 Å². The first-order valence-electron chi connectivity index (χ1n) is 7.79. The summed E-state index contributed by atoms with van der Waals surface area (Å²) in [5.74, 6) is 0.659. The summed E-state index contributed by atoms with van der Waals surface area (Å²) >= 11 is 0. The molecular formula is C19H21NO2. The summed E-state index contributed by atoms with van der Waals surface area (Å²) in [5, 5.41) is 3.09. The van der Waals surface area contributed by atoms with Crippen molar-refractivity contribution in [3.63, 3.8) is 0 Å². The number of hydrogen-bond donors (Lipinski definition) is 1. The largest absolute Gasteiger partial charge is 0.484 e. The zero-order chi connectivity index (χ0) is 15.4. The molecule has 1 aliphatic rings. The van der Waals surface area contributed by atoms with Crippen LogP contribution in [0, 0.1) is 6.92 Å². The lowest BCUT2D eigenvalue weighted by atomic mass is 9.88. The monoisotopic (exact) mass is 295 g/mol. The summed E-state index contributed by atoms with van der Waals surface area (Å²) in [6.07, 6.45) is 3.20. The lowest BCUT2D eigenvalue weighted by Gasteiger charge is -2.26. The molecule has 0 saturated carbocycles. The van der Waals surface area contributed by atoms with Crippen molar-refractivity contribution in [3.05, 3.63) is 65.2 Å². The summed E-state index contributed by atoms with van der Waals surface area (Å²) in [7, 11) is 0. The van der Waals surface area contributed by atoms with Gasteiger partial charge in [0, 0.05) is 0 Å². The number of benzene rings is 2. The molecule has 3 nitrogen and oxygen atoms in total. The number of ether oxygens (including phenoxy) is 1. The first-order valence-corrected chi connectivity index (χ1v) is 7.79. The van der Waals surface area contributed by atoms with Gasteiger partial charge >= 0.3 is 0 Å². The van der Waals surface area contributed by atoms with Gasteiger partial charge in [-0.2, -0.15) is 0 Å². The quantitative estimate of drug-likeness (QED) is 0.936. The Labute approximate surface area is 131 Å². The Morgan fingerprint density at radius 3 is 2.77 bits per heavy atom. The van der Waals surface area contributed by atoms with Crippen LogP contribution >= 0.6 is 0 Å². The van der Waals surface area contributed by atoms with E-state index in [1.165, 1.54) is 16.7 Å². The van der Waals surface area contributed by atoms with Gasteiger partial charge in [0.25, 0.3) is 5.91 Å². The highest BCUT2D eigenvalue weighted by Crippen LogP contribution is 2.29. The Morgan fingerprint density at radius 2 is 1.95 bits per heavy atom. The number of aryl methyl sites for hydroxylation is 2. The maximum absolute atomic E-state index is 12.1. The van der Waals surface area contributed by atoms with Crippen molar-refractivity contribution in [1.82, 2.24) is 5.32 Å². The standard InChI is InChI=1S/C19H21NO2/c1-14-9-11-16(12-10-14)22-13-19(21)20-18-8-4-6-15-5-2-3-7-17(15)18/h2-3,5,7,9-12,18H,4,6,8,13H2,1H3,(H,20,21)/t18-/m0/s1. The van der Waals surface area contributed by atoms with Crippen LogP contribution in [-0.4, -0.2) is 12.5 Å². The molecule has 1 atom stereocenters. The van der Waals surface area contributed by atoms with E-state index in [0.717, 1.165) is 25.0 Å². The van der Waals surface area contributed by atoms with E-state index < -0.39 is 0 Å². The predicted octanol–water partition coefficient (Wildman–Crippen LogP) is 3.57. The van der Waals surface area contributed by atoms with Crippen LogP contribution < -0.4 is 10.1 Å². The van der Waals surface area contributed by atoms with E-state index in [1.807, 2.05) is 37.3 Å². The van der Waals surface area contributed by atoms with Gasteiger partial charge in [-0.1, -0.05) is 42.0 Å². The molecule has 0 aromatic heterocycles. The topological polar surface area (TPSA) is 38.3 Å². The minimum Gasteiger partial charge on any atom is -0.484 e. The molecule has 0 bridgehead atoms. The van der Waals surface area contributed by atoms with Crippen LogP contribution in [0.15, 0.2) is 48.5 Å². The average molecular weight is 295 g/mol. The van der Waals surface area contributed by atoms with E-state index in [4.69, 9.17) is 4.74 Å². The van der Waals surface area contributed by atoms with Crippen LogP contribution in [0.4, 0.5) is 0 Å². The number of nitrogens with one attached hydrogen (secondary N) is 1. The second kappa shape index (κ2) is 6.65. The Hall–Kier alpha value is -2.29. The van der Waals surface area contributed by atoms with E-state index in [1.54, 1.807) is 0 Å². The van der Waals surface area contributed by atoms with Crippen LogP contribution in [0.5, 0.6) is 5.75 Å². The Bertz CT molecular complexity index is 649. The summed E-state index contributed by atoms with van der Waals surface area (Å²) < 4.78 is 5.54. The van der Waals surface area contributed by atoms with Crippen LogP contribution in [0.2, 0.25) is 0 Å². The predicted molar refractivity (Wildman–Crippen MR) is 86.9 cm³/mol. The molecule has 3 rings (SSSR count). The summed E-state index contributed by atoms with van der Waals surface area (Å²) in [5.41, 5.74) is 3.77. The molecule has 3 heteroatoms. The number of carbonyl (C=O) groups is 1. The van der Waals surface area contributed by atoms with Gasteiger partial charge < -0.3 is 10.1 Å². The number of rotatable bonds is 4. The molecule has 0 aliphatic heterocycles. The number of carbonyl (C=O) groups excluding carboxylic acids is 1. The fourth-order valence-electron chi connectivity index (χ4n) is 2.92. The molecule has 22 heavy (non-hydrogen) atoms. The van der Waals surface area contributed by atoms with E-state index in [2.05, 4.69) is 23.5 Å². The molecule has 0 unspecified atom stereocenters. The third-order valence-electron chi connectivity index (χ3n) is 4.10. The first kappa shape index (κ1) is 14.6. The maximum Gasteiger partial charge on any atom is 0.258 e. The van der Waals surface area contributed by atoms with Gasteiger partial charge in [0.15, 0.2) is 6.61 Å². The van der Waals surface area contributed by atoms with Crippen molar-refractivity contribution in [1.29, 1.82) is 0 Å². The lowest BCUT2D eigenvalue weighted by molar-refractivity contribution is -0.123. The van der Waals surface area contributed by atoms with Gasteiger partial charge in [0.1, 0.15) is 5.75 Å². The Kier molecular flexibility index (Phi) is 4.42. The molecule has 0 spiro atoms. The van der Waals surface area contributed by atoms with Crippen LogP contribution in [0.3, 0.4) is 0 Å². The minimum absolute atomic E-state index is 0.0573. The molecule has 0 heterocycles. The summed E-state index contributed by atoms with van der Waals surface area (Å²) in [6, 6.07) is 16.2. The van der Waals surface area contributed by atoms with Crippen LogP contribution in [-0.2, 0) is 11.2 Å². The lowest BCUT2D eigenvalue weighted by Crippen LogP contribution is -2.34. The van der Waals surface area contributed by atoms with Crippen molar-refractivity contribution >= 4 is 5.91 Å². The smallest absolute Gasteiger partial charge is 0.258 e.